The normalized spacial score (nSPS) is 16.2. The first kappa shape index (κ1) is 19.8. The van der Waals surface area contributed by atoms with Crippen LogP contribution < -0.4 is 0 Å². The number of amides is 1. The number of carbonyl (C=O) groups excluding carboxylic acids is 2. The van der Waals surface area contributed by atoms with Crippen molar-refractivity contribution in [1.29, 1.82) is 0 Å². The maximum atomic E-state index is 13.6. The average Bonchev–Trinajstić information content (AvgIpc) is 3.35. The smallest absolute Gasteiger partial charge is 0.290 e. The van der Waals surface area contributed by atoms with Crippen LogP contribution in [0.1, 0.15) is 27.7 Å². The van der Waals surface area contributed by atoms with Crippen LogP contribution in [0.15, 0.2) is 101 Å². The summed E-state index contributed by atoms with van der Waals surface area (Å²) < 4.78 is 19.3. The molecule has 1 amide bonds. The van der Waals surface area contributed by atoms with E-state index in [1.165, 1.54) is 29.2 Å². The van der Waals surface area contributed by atoms with Crippen LogP contribution in [0.3, 0.4) is 0 Å². The van der Waals surface area contributed by atoms with E-state index >= 15 is 0 Å². The van der Waals surface area contributed by atoms with Gasteiger partial charge < -0.3 is 14.4 Å². The molecule has 1 aliphatic heterocycles. The number of hydrogen-bond donors (Lipinski definition) is 1. The van der Waals surface area contributed by atoms with Gasteiger partial charge in [0.1, 0.15) is 11.4 Å². The second-order valence-electron chi connectivity index (χ2n) is 7.61. The molecule has 4 aromatic rings. The van der Waals surface area contributed by atoms with Gasteiger partial charge in [-0.15, -0.1) is 0 Å². The number of ketones is 1. The van der Waals surface area contributed by atoms with Gasteiger partial charge in [0.05, 0.1) is 11.6 Å². The Morgan fingerprint density at radius 3 is 2.38 bits per heavy atom. The fourth-order valence-corrected chi connectivity index (χ4v) is 4.05. The minimum absolute atomic E-state index is 0.0224. The summed E-state index contributed by atoms with van der Waals surface area (Å²) in [5, 5.41) is 11.5. The van der Waals surface area contributed by atoms with Crippen LogP contribution in [0, 0.1) is 5.82 Å². The molecule has 2 heterocycles. The number of hydrogen-bond acceptors (Lipinski definition) is 4. The van der Waals surface area contributed by atoms with E-state index in [2.05, 4.69) is 0 Å². The van der Waals surface area contributed by atoms with Crippen molar-refractivity contribution in [2.45, 2.75) is 12.6 Å². The van der Waals surface area contributed by atoms with Crippen molar-refractivity contribution in [2.24, 2.45) is 0 Å². The molecule has 0 spiro atoms. The van der Waals surface area contributed by atoms with Crippen molar-refractivity contribution in [2.75, 3.05) is 0 Å². The predicted molar refractivity (Wildman–Crippen MR) is 116 cm³/mol. The molecule has 1 atom stereocenters. The third kappa shape index (κ3) is 3.36. The fourth-order valence-electron chi connectivity index (χ4n) is 4.05. The number of aliphatic hydroxyl groups is 1. The molecular weight excluding hydrogens is 409 g/mol. The van der Waals surface area contributed by atoms with Crippen LogP contribution in [0.5, 0.6) is 0 Å². The molecule has 1 unspecified atom stereocenters. The van der Waals surface area contributed by atoms with E-state index in [0.29, 0.717) is 11.1 Å². The second-order valence-corrected chi connectivity index (χ2v) is 7.61. The lowest BCUT2D eigenvalue weighted by molar-refractivity contribution is -0.130. The van der Waals surface area contributed by atoms with Crippen molar-refractivity contribution < 1.29 is 23.5 Å². The molecule has 0 saturated carbocycles. The summed E-state index contributed by atoms with van der Waals surface area (Å²) in [6.45, 7) is 0.169. The number of para-hydroxylation sites is 1. The third-order valence-electron chi connectivity index (χ3n) is 5.58. The van der Waals surface area contributed by atoms with E-state index in [-0.39, 0.29) is 17.9 Å². The molecule has 0 radical (unpaired) electrons. The van der Waals surface area contributed by atoms with E-state index < -0.39 is 29.3 Å². The number of rotatable bonds is 5. The molecule has 0 saturated heterocycles. The lowest BCUT2D eigenvalue weighted by Crippen LogP contribution is -2.30. The predicted octanol–water partition coefficient (Wildman–Crippen LogP) is 5.35. The van der Waals surface area contributed by atoms with E-state index in [1.54, 1.807) is 18.2 Å². The van der Waals surface area contributed by atoms with Gasteiger partial charge in [-0.3, -0.25) is 9.59 Å². The number of carbonyl (C=O) groups is 2. The van der Waals surface area contributed by atoms with Gasteiger partial charge in [-0.1, -0.05) is 60.7 Å². The van der Waals surface area contributed by atoms with Gasteiger partial charge in [0.2, 0.25) is 5.78 Å². The molecule has 0 bridgehead atoms. The summed E-state index contributed by atoms with van der Waals surface area (Å²) in [7, 11) is 0. The van der Waals surface area contributed by atoms with Crippen LogP contribution in [0.4, 0.5) is 4.39 Å². The van der Waals surface area contributed by atoms with Gasteiger partial charge in [0, 0.05) is 11.9 Å². The largest absolute Gasteiger partial charge is 0.503 e. The Morgan fingerprint density at radius 1 is 0.969 bits per heavy atom. The first-order valence-electron chi connectivity index (χ1n) is 10.1. The monoisotopic (exact) mass is 427 g/mol. The Kier molecular flexibility index (Phi) is 4.82. The molecule has 1 aromatic heterocycles. The zero-order valence-electron chi connectivity index (χ0n) is 16.9. The Hall–Kier alpha value is -4.19. The summed E-state index contributed by atoms with van der Waals surface area (Å²) in [5.41, 5.74) is 1.79. The topological polar surface area (TPSA) is 70.8 Å². The van der Waals surface area contributed by atoms with Crippen LogP contribution >= 0.6 is 0 Å². The minimum Gasteiger partial charge on any atom is -0.503 e. The molecular formula is C26H18FNO4. The number of fused-ring (bicyclic) bond motifs is 1. The summed E-state index contributed by atoms with van der Waals surface area (Å²) in [6, 6.07) is 22.7. The first-order valence-corrected chi connectivity index (χ1v) is 10.1. The number of furan rings is 1. The maximum Gasteiger partial charge on any atom is 0.290 e. The molecule has 0 fully saturated rings. The Bertz CT molecular complexity index is 1320. The highest BCUT2D eigenvalue weighted by Gasteiger charge is 2.44. The molecule has 0 aliphatic carbocycles. The third-order valence-corrected chi connectivity index (χ3v) is 5.58. The zero-order chi connectivity index (χ0) is 22.2. The first-order chi connectivity index (χ1) is 15.5. The molecule has 6 heteroatoms. The maximum absolute atomic E-state index is 13.6. The number of benzene rings is 3. The Labute approximate surface area is 183 Å². The highest BCUT2D eigenvalue weighted by molar-refractivity contribution is 6.16. The standard InChI is InChI=1S/C26H18FNO4/c27-19-12-10-17(11-13-19)23-22(24(29)21-14-18-8-4-5-9-20(18)32-21)25(30)26(31)28(23)15-16-6-2-1-3-7-16/h1-14,23,30H,15H2. The Morgan fingerprint density at radius 2 is 1.66 bits per heavy atom. The van der Waals surface area contributed by atoms with E-state index in [9.17, 15) is 19.1 Å². The van der Waals surface area contributed by atoms with Crippen molar-refractivity contribution in [3.05, 3.63) is 119 Å². The molecule has 5 nitrogen and oxygen atoms in total. The highest BCUT2D eigenvalue weighted by Crippen LogP contribution is 2.40. The van der Waals surface area contributed by atoms with Crippen LogP contribution in [-0.2, 0) is 11.3 Å². The van der Waals surface area contributed by atoms with Gasteiger partial charge in [-0.2, -0.15) is 0 Å². The molecule has 158 valence electrons. The van der Waals surface area contributed by atoms with Gasteiger partial charge in [0.15, 0.2) is 11.5 Å². The quantitative estimate of drug-likeness (QED) is 0.436. The fraction of sp³-hybridized carbons (Fsp3) is 0.0769. The van der Waals surface area contributed by atoms with E-state index in [1.807, 2.05) is 42.5 Å². The number of nitrogens with zero attached hydrogens (tertiary/aromatic N) is 1. The number of halogens is 1. The number of Topliss-reactive ketones (excluding diaryl/α,β-unsaturated/α-hetero) is 1. The molecule has 3 aromatic carbocycles. The number of aliphatic hydroxyl groups excluding tert-OH is 1. The second kappa shape index (κ2) is 7.81. The van der Waals surface area contributed by atoms with Crippen molar-refractivity contribution in [3.63, 3.8) is 0 Å². The average molecular weight is 427 g/mol. The molecule has 5 rings (SSSR count). The van der Waals surface area contributed by atoms with Crippen LogP contribution in [-0.4, -0.2) is 21.7 Å². The molecule has 1 aliphatic rings. The van der Waals surface area contributed by atoms with Gasteiger partial charge in [0.25, 0.3) is 5.91 Å². The van der Waals surface area contributed by atoms with Gasteiger partial charge >= 0.3 is 0 Å². The van der Waals surface area contributed by atoms with Crippen LogP contribution in [0.2, 0.25) is 0 Å². The van der Waals surface area contributed by atoms with Crippen molar-refractivity contribution >= 4 is 22.7 Å². The Balaban J connectivity index is 1.60. The van der Waals surface area contributed by atoms with E-state index in [0.717, 1.165) is 10.9 Å². The van der Waals surface area contributed by atoms with Crippen LogP contribution in [0.25, 0.3) is 11.0 Å². The highest BCUT2D eigenvalue weighted by atomic mass is 19.1. The summed E-state index contributed by atoms with van der Waals surface area (Å²) >= 11 is 0. The SMILES string of the molecule is O=C(C1=C(O)C(=O)N(Cc2ccccc2)C1c1ccc(F)cc1)c1cc2ccccc2o1. The van der Waals surface area contributed by atoms with Gasteiger partial charge in [-0.05, 0) is 35.4 Å². The van der Waals surface area contributed by atoms with Crippen molar-refractivity contribution in [3.8, 4) is 0 Å². The lowest BCUT2D eigenvalue weighted by Gasteiger charge is -2.26. The summed E-state index contributed by atoms with van der Waals surface area (Å²) in [6.07, 6.45) is 0. The summed E-state index contributed by atoms with van der Waals surface area (Å²) in [5.74, 6) is -2.29. The zero-order valence-corrected chi connectivity index (χ0v) is 16.9. The lowest BCUT2D eigenvalue weighted by atomic mass is 9.94. The molecule has 32 heavy (non-hydrogen) atoms. The summed E-state index contributed by atoms with van der Waals surface area (Å²) in [4.78, 5) is 27.9. The minimum atomic E-state index is -0.885. The van der Waals surface area contributed by atoms with Crippen molar-refractivity contribution in [1.82, 2.24) is 4.90 Å². The van der Waals surface area contributed by atoms with E-state index in [4.69, 9.17) is 4.42 Å². The van der Waals surface area contributed by atoms with Gasteiger partial charge in [-0.25, -0.2) is 4.39 Å². The molecule has 1 N–H and O–H groups in total.